The molecule has 0 radical (unpaired) electrons. The van der Waals surface area contributed by atoms with Gasteiger partial charge in [0.15, 0.2) is 5.82 Å². The van der Waals surface area contributed by atoms with Crippen LogP contribution in [0, 0.1) is 6.92 Å². The van der Waals surface area contributed by atoms with Crippen LogP contribution in [0.2, 0.25) is 0 Å². The number of hydrogen-bond acceptors (Lipinski definition) is 4. The van der Waals surface area contributed by atoms with Crippen LogP contribution in [-0.2, 0) is 12.8 Å². The summed E-state index contributed by atoms with van der Waals surface area (Å²) in [7, 11) is 0. The maximum absolute atomic E-state index is 12.5. The number of fused-ring (bicyclic) bond motifs is 1. The Morgan fingerprint density at radius 1 is 1.23 bits per heavy atom. The summed E-state index contributed by atoms with van der Waals surface area (Å²) in [5.74, 6) is 0.646. The van der Waals surface area contributed by atoms with Gasteiger partial charge in [-0.05, 0) is 43.9 Å². The maximum Gasteiger partial charge on any atom is 0.405 e. The van der Waals surface area contributed by atoms with E-state index in [1.54, 1.807) is 6.20 Å². The largest absolute Gasteiger partial charge is 0.405 e. The van der Waals surface area contributed by atoms with E-state index in [2.05, 4.69) is 20.3 Å². The van der Waals surface area contributed by atoms with E-state index in [1.807, 2.05) is 19.1 Å². The van der Waals surface area contributed by atoms with Gasteiger partial charge in [0.1, 0.15) is 18.1 Å². The van der Waals surface area contributed by atoms with Crippen LogP contribution in [0.1, 0.15) is 23.2 Å². The molecule has 1 N–H and O–H groups in total. The van der Waals surface area contributed by atoms with E-state index in [0.29, 0.717) is 17.9 Å². The van der Waals surface area contributed by atoms with Crippen molar-refractivity contribution in [2.45, 2.75) is 32.4 Å². The Morgan fingerprint density at radius 2 is 2.05 bits per heavy atom. The molecule has 2 aromatic rings. The Balaban J connectivity index is 1.99. The Hall–Kier alpha value is -2.18. The van der Waals surface area contributed by atoms with Crippen molar-refractivity contribution < 1.29 is 13.2 Å². The number of nitrogens with one attached hydrogen (secondary N) is 1. The number of anilines is 1. The monoisotopic (exact) mass is 308 g/mol. The fourth-order valence-corrected chi connectivity index (χ4v) is 2.54. The zero-order chi connectivity index (χ0) is 15.7. The van der Waals surface area contributed by atoms with Crippen molar-refractivity contribution in [1.29, 1.82) is 0 Å². The highest BCUT2D eigenvalue weighted by Crippen LogP contribution is 2.29. The fourth-order valence-electron chi connectivity index (χ4n) is 2.54. The molecule has 3 rings (SSSR count). The minimum absolute atomic E-state index is 0.276. The van der Waals surface area contributed by atoms with Gasteiger partial charge in [0.2, 0.25) is 0 Å². The van der Waals surface area contributed by atoms with Gasteiger partial charge in [0, 0.05) is 17.5 Å². The lowest BCUT2D eigenvalue weighted by Crippen LogP contribution is -2.22. The molecule has 0 saturated carbocycles. The quantitative estimate of drug-likeness (QED) is 0.945. The molecular weight excluding hydrogens is 293 g/mol. The molecule has 0 bridgehead atoms. The van der Waals surface area contributed by atoms with Gasteiger partial charge in [0.25, 0.3) is 0 Å². The number of pyridine rings is 1. The lowest BCUT2D eigenvalue weighted by atomic mass is 10.2. The minimum Gasteiger partial charge on any atom is -0.361 e. The fraction of sp³-hybridized carbons (Fsp3) is 0.400. The number of aromatic nitrogens is 3. The smallest absolute Gasteiger partial charge is 0.361 e. The van der Waals surface area contributed by atoms with E-state index in [-0.39, 0.29) is 5.82 Å². The normalized spacial score (nSPS) is 14.0. The molecule has 0 unspecified atom stereocenters. The van der Waals surface area contributed by atoms with Gasteiger partial charge in [-0.2, -0.15) is 13.2 Å². The molecule has 0 aromatic carbocycles. The second-order valence-electron chi connectivity index (χ2n) is 5.36. The summed E-state index contributed by atoms with van der Waals surface area (Å²) in [6, 6.07) is 3.67. The minimum atomic E-state index is -4.28. The van der Waals surface area contributed by atoms with E-state index in [1.165, 1.54) is 0 Å². The van der Waals surface area contributed by atoms with E-state index in [4.69, 9.17) is 0 Å². The Labute approximate surface area is 125 Å². The molecule has 2 aromatic heterocycles. The van der Waals surface area contributed by atoms with Crippen LogP contribution in [0.5, 0.6) is 0 Å². The third kappa shape index (κ3) is 3.18. The number of aryl methyl sites for hydroxylation is 2. The Bertz CT molecular complexity index is 698. The van der Waals surface area contributed by atoms with Gasteiger partial charge in [-0.25, -0.2) is 9.97 Å². The first kappa shape index (κ1) is 14.7. The Kier molecular flexibility index (Phi) is 3.72. The number of halogens is 3. The van der Waals surface area contributed by atoms with Crippen molar-refractivity contribution in [3.8, 4) is 11.5 Å². The molecule has 0 spiro atoms. The summed E-state index contributed by atoms with van der Waals surface area (Å²) in [5, 5.41) is 2.41. The maximum atomic E-state index is 12.5. The molecule has 0 fully saturated rings. The molecule has 1 aliphatic carbocycles. The number of rotatable bonds is 3. The molecule has 0 saturated heterocycles. The predicted octanol–water partition coefficient (Wildman–Crippen LogP) is 3.31. The number of nitrogens with zero attached hydrogens (tertiary/aromatic N) is 3. The van der Waals surface area contributed by atoms with Gasteiger partial charge in [0.05, 0.1) is 0 Å². The van der Waals surface area contributed by atoms with Crippen LogP contribution in [0.25, 0.3) is 11.5 Å². The first-order valence-corrected chi connectivity index (χ1v) is 7.06. The van der Waals surface area contributed by atoms with Crippen LogP contribution in [0.4, 0.5) is 19.0 Å². The topological polar surface area (TPSA) is 50.7 Å². The van der Waals surface area contributed by atoms with Crippen LogP contribution in [0.15, 0.2) is 18.3 Å². The van der Waals surface area contributed by atoms with E-state index in [0.717, 1.165) is 29.7 Å². The molecule has 0 aliphatic heterocycles. The second kappa shape index (κ2) is 5.55. The van der Waals surface area contributed by atoms with E-state index in [9.17, 15) is 13.2 Å². The summed E-state index contributed by atoms with van der Waals surface area (Å²) in [5.41, 5.74) is 3.18. The summed E-state index contributed by atoms with van der Waals surface area (Å²) >= 11 is 0. The SMILES string of the molecule is Cc1ccnc(-c2nc3c(c(NCC(F)(F)F)n2)CCC3)c1. The van der Waals surface area contributed by atoms with Crippen molar-refractivity contribution >= 4 is 5.82 Å². The Morgan fingerprint density at radius 3 is 2.77 bits per heavy atom. The third-order valence-corrected chi connectivity index (χ3v) is 3.53. The lowest BCUT2D eigenvalue weighted by molar-refractivity contribution is -0.115. The van der Waals surface area contributed by atoms with E-state index >= 15 is 0 Å². The average Bonchev–Trinajstić information content (AvgIpc) is 2.92. The highest BCUT2D eigenvalue weighted by atomic mass is 19.4. The molecule has 22 heavy (non-hydrogen) atoms. The molecule has 0 atom stereocenters. The van der Waals surface area contributed by atoms with Crippen molar-refractivity contribution in [3.63, 3.8) is 0 Å². The number of hydrogen-bond donors (Lipinski definition) is 1. The first-order chi connectivity index (χ1) is 10.4. The van der Waals surface area contributed by atoms with Gasteiger partial charge >= 0.3 is 6.18 Å². The average molecular weight is 308 g/mol. The summed E-state index contributed by atoms with van der Waals surface area (Å²) < 4.78 is 37.4. The van der Waals surface area contributed by atoms with Crippen molar-refractivity contribution in [2.75, 3.05) is 11.9 Å². The van der Waals surface area contributed by atoms with Crippen LogP contribution >= 0.6 is 0 Å². The van der Waals surface area contributed by atoms with Crippen molar-refractivity contribution in [1.82, 2.24) is 15.0 Å². The van der Waals surface area contributed by atoms with Crippen LogP contribution in [-0.4, -0.2) is 27.7 Å². The molecule has 0 amide bonds. The zero-order valence-electron chi connectivity index (χ0n) is 12.0. The molecule has 7 heteroatoms. The van der Waals surface area contributed by atoms with Crippen LogP contribution in [0.3, 0.4) is 0 Å². The highest BCUT2D eigenvalue weighted by molar-refractivity contribution is 5.58. The van der Waals surface area contributed by atoms with E-state index < -0.39 is 12.7 Å². The molecule has 116 valence electrons. The molecule has 1 aliphatic rings. The van der Waals surface area contributed by atoms with Crippen LogP contribution < -0.4 is 5.32 Å². The van der Waals surface area contributed by atoms with Gasteiger partial charge in [-0.15, -0.1) is 0 Å². The standard InChI is InChI=1S/C15H15F3N4/c1-9-5-6-19-12(7-9)14-21-11-4-2-3-10(11)13(22-14)20-8-15(16,17)18/h5-7H,2-4,8H2,1H3,(H,20,21,22). The molecular formula is C15H15F3N4. The zero-order valence-corrected chi connectivity index (χ0v) is 12.0. The van der Waals surface area contributed by atoms with Crippen molar-refractivity contribution in [2.24, 2.45) is 0 Å². The summed E-state index contributed by atoms with van der Waals surface area (Å²) in [6.07, 6.45) is -0.286. The predicted molar refractivity (Wildman–Crippen MR) is 76.6 cm³/mol. The summed E-state index contributed by atoms with van der Waals surface area (Å²) in [4.78, 5) is 13.0. The molecule has 2 heterocycles. The lowest BCUT2D eigenvalue weighted by Gasteiger charge is -2.13. The molecule has 4 nitrogen and oxygen atoms in total. The van der Waals surface area contributed by atoms with Gasteiger partial charge in [-0.1, -0.05) is 0 Å². The van der Waals surface area contributed by atoms with Crippen molar-refractivity contribution in [3.05, 3.63) is 35.2 Å². The second-order valence-corrected chi connectivity index (χ2v) is 5.36. The first-order valence-electron chi connectivity index (χ1n) is 7.06. The third-order valence-electron chi connectivity index (χ3n) is 3.53. The highest BCUT2D eigenvalue weighted by Gasteiger charge is 2.28. The number of alkyl halides is 3. The van der Waals surface area contributed by atoms with Gasteiger partial charge < -0.3 is 5.32 Å². The summed E-state index contributed by atoms with van der Waals surface area (Å²) in [6.45, 7) is 0.818. The van der Waals surface area contributed by atoms with Gasteiger partial charge in [-0.3, -0.25) is 4.98 Å².